The lowest BCUT2D eigenvalue weighted by molar-refractivity contribution is -0.129. The van der Waals surface area contributed by atoms with Gasteiger partial charge in [0.25, 0.3) is 0 Å². The topological polar surface area (TPSA) is 53.9 Å². The van der Waals surface area contributed by atoms with E-state index in [0.29, 0.717) is 4.77 Å². The molecule has 1 aromatic rings. The predicted octanol–water partition coefficient (Wildman–Crippen LogP) is 0.344. The number of hydrogen-bond acceptors (Lipinski definition) is 3. The van der Waals surface area contributed by atoms with E-state index in [0.717, 1.165) is 13.0 Å². The highest BCUT2D eigenvalue weighted by atomic mass is 32.1. The zero-order chi connectivity index (χ0) is 9.42. The van der Waals surface area contributed by atoms with Crippen molar-refractivity contribution in [3.63, 3.8) is 0 Å². The second-order valence-electron chi connectivity index (χ2n) is 3.13. The first kappa shape index (κ1) is 8.43. The molecule has 1 fully saturated rings. The Balaban J connectivity index is 2.34. The molecule has 1 atom stereocenters. The fraction of sp³-hybridized carbons (Fsp3) is 0.571. The van der Waals surface area contributed by atoms with E-state index < -0.39 is 0 Å². The number of amides is 1. The first-order valence-electron chi connectivity index (χ1n) is 4.06. The molecule has 0 saturated carbocycles. The average molecular weight is 198 g/mol. The molecule has 1 aliphatic rings. The Labute approximate surface area is 80.4 Å². The number of aromatic amines is 1. The van der Waals surface area contributed by atoms with Crippen molar-refractivity contribution in [1.29, 1.82) is 0 Å². The minimum atomic E-state index is -0.156. The molecule has 1 unspecified atom stereocenters. The number of nitrogens with zero attached hydrogens (tertiary/aromatic N) is 3. The number of likely N-dealkylation sites (N-methyl/N-ethyl adjacent to an activating group) is 1. The third-order valence-electron chi connectivity index (χ3n) is 2.31. The van der Waals surface area contributed by atoms with Crippen LogP contribution in [0.4, 0.5) is 0 Å². The number of rotatable bonds is 1. The second-order valence-corrected chi connectivity index (χ2v) is 3.52. The molecule has 2 rings (SSSR count). The smallest absolute Gasteiger partial charge is 0.245 e. The maximum absolute atomic E-state index is 11.6. The lowest BCUT2D eigenvalue weighted by atomic mass is 10.2. The summed E-state index contributed by atoms with van der Waals surface area (Å²) in [6.07, 6.45) is 2.38. The van der Waals surface area contributed by atoms with Crippen LogP contribution in [0.2, 0.25) is 0 Å². The number of carbonyl (C=O) groups is 1. The van der Waals surface area contributed by atoms with Crippen LogP contribution < -0.4 is 0 Å². The van der Waals surface area contributed by atoms with Crippen molar-refractivity contribution in [2.75, 3.05) is 13.6 Å². The van der Waals surface area contributed by atoms with Crippen LogP contribution in [-0.4, -0.2) is 39.2 Å². The molecule has 1 saturated heterocycles. The fourth-order valence-corrected chi connectivity index (χ4v) is 1.77. The summed E-state index contributed by atoms with van der Waals surface area (Å²) in [6.45, 7) is 0.788. The first-order chi connectivity index (χ1) is 6.20. The van der Waals surface area contributed by atoms with Crippen molar-refractivity contribution in [3.05, 3.63) is 11.1 Å². The Hall–Kier alpha value is -1.17. The number of aromatic nitrogens is 3. The molecule has 0 spiro atoms. The minimum Gasteiger partial charge on any atom is -0.344 e. The lowest BCUT2D eigenvalue weighted by Crippen LogP contribution is -2.24. The van der Waals surface area contributed by atoms with Crippen molar-refractivity contribution >= 4 is 18.1 Å². The van der Waals surface area contributed by atoms with Gasteiger partial charge in [0.2, 0.25) is 5.91 Å². The fourth-order valence-electron chi connectivity index (χ4n) is 1.54. The summed E-state index contributed by atoms with van der Waals surface area (Å²) in [7, 11) is 1.80. The third kappa shape index (κ3) is 1.27. The van der Waals surface area contributed by atoms with Crippen LogP contribution in [0.5, 0.6) is 0 Å². The zero-order valence-electron chi connectivity index (χ0n) is 7.23. The standard InChI is InChI=1S/C7H10N4OS/c1-10-3-2-5(6(10)12)11-4-8-9-7(11)13/h4-5H,2-3H2,1H3,(H,9,13). The normalized spacial score (nSPS) is 22.7. The van der Waals surface area contributed by atoms with Crippen molar-refractivity contribution < 1.29 is 4.79 Å². The van der Waals surface area contributed by atoms with Crippen LogP contribution in [0.25, 0.3) is 0 Å². The van der Waals surface area contributed by atoms with Gasteiger partial charge in [0.05, 0.1) is 0 Å². The SMILES string of the molecule is CN1CCC(n2cn[nH]c2=S)C1=O. The zero-order valence-corrected chi connectivity index (χ0v) is 8.04. The monoisotopic (exact) mass is 198 g/mol. The van der Waals surface area contributed by atoms with E-state index in [1.165, 1.54) is 0 Å². The van der Waals surface area contributed by atoms with Crippen LogP contribution >= 0.6 is 12.2 Å². The van der Waals surface area contributed by atoms with E-state index in [-0.39, 0.29) is 11.9 Å². The van der Waals surface area contributed by atoms with Gasteiger partial charge >= 0.3 is 0 Å². The maximum Gasteiger partial charge on any atom is 0.245 e. The number of likely N-dealkylation sites (tertiary alicyclic amines) is 1. The van der Waals surface area contributed by atoms with Gasteiger partial charge in [-0.05, 0) is 18.6 Å². The van der Waals surface area contributed by atoms with Gasteiger partial charge < -0.3 is 4.90 Å². The number of nitrogens with one attached hydrogen (secondary N) is 1. The summed E-state index contributed by atoms with van der Waals surface area (Å²) in [5.41, 5.74) is 0. The number of carbonyl (C=O) groups excluding carboxylic acids is 1. The molecular weight excluding hydrogens is 188 g/mol. The highest BCUT2D eigenvalue weighted by molar-refractivity contribution is 7.71. The van der Waals surface area contributed by atoms with Crippen molar-refractivity contribution in [3.8, 4) is 0 Å². The highest BCUT2D eigenvalue weighted by Crippen LogP contribution is 2.21. The van der Waals surface area contributed by atoms with Crippen LogP contribution in [-0.2, 0) is 4.79 Å². The molecule has 1 amide bonds. The van der Waals surface area contributed by atoms with Gasteiger partial charge in [0.1, 0.15) is 12.4 Å². The van der Waals surface area contributed by atoms with E-state index in [4.69, 9.17) is 12.2 Å². The summed E-state index contributed by atoms with van der Waals surface area (Å²) in [5, 5.41) is 6.43. The van der Waals surface area contributed by atoms with E-state index in [2.05, 4.69) is 10.2 Å². The molecule has 0 aromatic carbocycles. The molecule has 1 N–H and O–H groups in total. The van der Waals surface area contributed by atoms with Crippen LogP contribution in [0.15, 0.2) is 6.33 Å². The van der Waals surface area contributed by atoms with Crippen molar-refractivity contribution in [1.82, 2.24) is 19.7 Å². The Morgan fingerprint density at radius 3 is 3.00 bits per heavy atom. The van der Waals surface area contributed by atoms with E-state index in [1.807, 2.05) is 0 Å². The van der Waals surface area contributed by atoms with Gasteiger partial charge in [-0.3, -0.25) is 14.5 Å². The van der Waals surface area contributed by atoms with Gasteiger partial charge in [-0.1, -0.05) is 0 Å². The molecule has 0 bridgehead atoms. The van der Waals surface area contributed by atoms with Gasteiger partial charge in [-0.15, -0.1) is 0 Å². The largest absolute Gasteiger partial charge is 0.344 e. The quantitative estimate of drug-likeness (QED) is 0.662. The molecule has 70 valence electrons. The van der Waals surface area contributed by atoms with Crippen molar-refractivity contribution in [2.45, 2.75) is 12.5 Å². The Bertz CT molecular complexity index is 382. The van der Waals surface area contributed by atoms with Gasteiger partial charge in [0.15, 0.2) is 4.77 Å². The minimum absolute atomic E-state index is 0.109. The lowest BCUT2D eigenvalue weighted by Gasteiger charge is -2.10. The predicted molar refractivity (Wildman–Crippen MR) is 48.7 cm³/mol. The Morgan fingerprint density at radius 1 is 1.77 bits per heavy atom. The summed E-state index contributed by atoms with van der Waals surface area (Å²) in [6, 6.07) is -0.156. The highest BCUT2D eigenvalue weighted by Gasteiger charge is 2.30. The Morgan fingerprint density at radius 2 is 2.54 bits per heavy atom. The summed E-state index contributed by atoms with van der Waals surface area (Å²) < 4.78 is 2.22. The first-order valence-corrected chi connectivity index (χ1v) is 4.47. The number of hydrogen-bond donors (Lipinski definition) is 1. The van der Waals surface area contributed by atoms with Crippen LogP contribution in [0.1, 0.15) is 12.5 Å². The van der Waals surface area contributed by atoms with Gasteiger partial charge in [-0.25, -0.2) is 0 Å². The molecule has 1 aliphatic heterocycles. The van der Waals surface area contributed by atoms with Gasteiger partial charge in [0, 0.05) is 13.6 Å². The average Bonchev–Trinajstić information content (AvgIpc) is 2.62. The van der Waals surface area contributed by atoms with E-state index >= 15 is 0 Å². The van der Waals surface area contributed by atoms with Gasteiger partial charge in [-0.2, -0.15) is 5.10 Å². The van der Waals surface area contributed by atoms with Crippen LogP contribution in [0.3, 0.4) is 0 Å². The van der Waals surface area contributed by atoms with E-state index in [9.17, 15) is 4.79 Å². The summed E-state index contributed by atoms with van der Waals surface area (Å²) >= 11 is 4.99. The number of H-pyrrole nitrogens is 1. The molecule has 2 heterocycles. The van der Waals surface area contributed by atoms with Crippen molar-refractivity contribution in [2.24, 2.45) is 0 Å². The molecule has 0 radical (unpaired) electrons. The molecule has 13 heavy (non-hydrogen) atoms. The second kappa shape index (κ2) is 2.95. The summed E-state index contributed by atoms with van der Waals surface area (Å²) in [4.78, 5) is 13.3. The van der Waals surface area contributed by atoms with E-state index in [1.54, 1.807) is 22.8 Å². The maximum atomic E-state index is 11.6. The third-order valence-corrected chi connectivity index (χ3v) is 2.61. The molecule has 1 aromatic heterocycles. The molecule has 0 aliphatic carbocycles. The molecular formula is C7H10N4OS. The summed E-state index contributed by atoms with van der Waals surface area (Å²) in [5.74, 6) is 0.109. The Kier molecular flexibility index (Phi) is 1.91. The molecule has 6 heteroatoms. The molecule has 5 nitrogen and oxygen atoms in total. The van der Waals surface area contributed by atoms with Crippen LogP contribution in [0, 0.1) is 4.77 Å².